The molecule has 2 N–H and O–H groups in total. The van der Waals surface area contributed by atoms with Crippen molar-refractivity contribution in [3.05, 3.63) is 22.4 Å². The first-order valence-corrected chi connectivity index (χ1v) is 7.34. The van der Waals surface area contributed by atoms with Crippen molar-refractivity contribution in [3.8, 4) is 0 Å². The van der Waals surface area contributed by atoms with Crippen LogP contribution in [0.25, 0.3) is 0 Å². The summed E-state index contributed by atoms with van der Waals surface area (Å²) in [6.45, 7) is 1.44. The van der Waals surface area contributed by atoms with E-state index in [-0.39, 0.29) is 30.9 Å². The summed E-state index contributed by atoms with van der Waals surface area (Å²) in [7, 11) is 0. The Morgan fingerprint density at radius 3 is 3.05 bits per heavy atom. The van der Waals surface area contributed by atoms with Gasteiger partial charge in [0, 0.05) is 30.6 Å². The maximum Gasteiger partial charge on any atom is 0.252 e. The van der Waals surface area contributed by atoms with Crippen LogP contribution in [-0.2, 0) is 4.79 Å². The van der Waals surface area contributed by atoms with E-state index in [1.54, 1.807) is 16.3 Å². The standard InChI is InChI=1S/C13H18N2O3S/c16-8-10-2-1-4-15(7-10)12(17)6-14-13(18)11-3-5-19-9-11/h3,5,9-10,16H,1-2,4,6-8H2,(H,14,18). The predicted molar refractivity (Wildman–Crippen MR) is 73.0 cm³/mol. The van der Waals surface area contributed by atoms with E-state index in [0.717, 1.165) is 12.8 Å². The van der Waals surface area contributed by atoms with Crippen LogP contribution < -0.4 is 5.32 Å². The van der Waals surface area contributed by atoms with Gasteiger partial charge in [-0.25, -0.2) is 0 Å². The maximum atomic E-state index is 12.0. The van der Waals surface area contributed by atoms with Crippen LogP contribution in [0.3, 0.4) is 0 Å². The highest BCUT2D eigenvalue weighted by molar-refractivity contribution is 7.08. The third-order valence-electron chi connectivity index (χ3n) is 3.31. The zero-order valence-corrected chi connectivity index (χ0v) is 11.5. The Labute approximate surface area is 116 Å². The third kappa shape index (κ3) is 3.78. The first kappa shape index (κ1) is 14.0. The highest BCUT2D eigenvalue weighted by Crippen LogP contribution is 2.15. The quantitative estimate of drug-likeness (QED) is 0.854. The number of rotatable bonds is 4. The van der Waals surface area contributed by atoms with Crippen molar-refractivity contribution >= 4 is 23.2 Å². The van der Waals surface area contributed by atoms with Gasteiger partial charge in [-0.1, -0.05) is 0 Å². The maximum absolute atomic E-state index is 12.0. The number of aliphatic hydroxyl groups is 1. The summed E-state index contributed by atoms with van der Waals surface area (Å²) in [6.07, 6.45) is 1.87. The molecule has 1 aliphatic heterocycles. The average Bonchev–Trinajstić information content (AvgIpc) is 2.98. The fourth-order valence-corrected chi connectivity index (χ4v) is 2.84. The third-order valence-corrected chi connectivity index (χ3v) is 4.00. The minimum absolute atomic E-state index is 0.0207. The fourth-order valence-electron chi connectivity index (χ4n) is 2.20. The topological polar surface area (TPSA) is 69.6 Å². The van der Waals surface area contributed by atoms with E-state index in [4.69, 9.17) is 5.11 Å². The Balaban J connectivity index is 1.79. The van der Waals surface area contributed by atoms with Gasteiger partial charge in [0.05, 0.1) is 6.54 Å². The minimum atomic E-state index is -0.217. The van der Waals surface area contributed by atoms with Crippen LogP contribution in [0.15, 0.2) is 16.8 Å². The van der Waals surface area contributed by atoms with Crippen LogP contribution in [-0.4, -0.2) is 48.1 Å². The van der Waals surface area contributed by atoms with Gasteiger partial charge in [0.1, 0.15) is 0 Å². The molecule has 1 aromatic heterocycles. The first-order chi connectivity index (χ1) is 9.20. The van der Waals surface area contributed by atoms with Crippen molar-refractivity contribution < 1.29 is 14.7 Å². The molecule has 0 radical (unpaired) electrons. The Morgan fingerprint density at radius 1 is 1.53 bits per heavy atom. The summed E-state index contributed by atoms with van der Waals surface area (Å²) >= 11 is 1.45. The van der Waals surface area contributed by atoms with Gasteiger partial charge >= 0.3 is 0 Å². The van der Waals surface area contributed by atoms with Crippen LogP contribution in [0.1, 0.15) is 23.2 Å². The van der Waals surface area contributed by atoms with Gasteiger partial charge < -0.3 is 15.3 Å². The van der Waals surface area contributed by atoms with Crippen molar-refractivity contribution in [1.82, 2.24) is 10.2 Å². The van der Waals surface area contributed by atoms with Crippen LogP contribution in [0.4, 0.5) is 0 Å². The molecule has 1 atom stereocenters. The lowest BCUT2D eigenvalue weighted by Crippen LogP contribution is -2.45. The lowest BCUT2D eigenvalue weighted by molar-refractivity contribution is -0.132. The Bertz CT molecular complexity index is 433. The smallest absolute Gasteiger partial charge is 0.252 e. The molecule has 1 unspecified atom stereocenters. The van der Waals surface area contributed by atoms with Gasteiger partial charge in [0.25, 0.3) is 5.91 Å². The second-order valence-corrected chi connectivity index (χ2v) is 5.51. The molecule has 0 aromatic carbocycles. The lowest BCUT2D eigenvalue weighted by Gasteiger charge is -2.31. The van der Waals surface area contributed by atoms with Gasteiger partial charge in [-0.2, -0.15) is 11.3 Å². The van der Waals surface area contributed by atoms with Crippen molar-refractivity contribution in [2.75, 3.05) is 26.2 Å². The zero-order chi connectivity index (χ0) is 13.7. The fraction of sp³-hybridized carbons (Fsp3) is 0.538. The number of piperidine rings is 1. The van der Waals surface area contributed by atoms with Gasteiger partial charge in [0.15, 0.2) is 0 Å². The van der Waals surface area contributed by atoms with Crippen LogP contribution in [0.2, 0.25) is 0 Å². The normalized spacial score (nSPS) is 19.2. The summed E-state index contributed by atoms with van der Waals surface area (Å²) in [6, 6.07) is 1.73. The summed E-state index contributed by atoms with van der Waals surface area (Å²) in [4.78, 5) is 25.4. The van der Waals surface area contributed by atoms with Gasteiger partial charge in [0.2, 0.25) is 5.91 Å². The SMILES string of the molecule is O=C(NCC(=O)N1CCCC(CO)C1)c1ccsc1. The van der Waals surface area contributed by atoms with Gasteiger partial charge in [-0.15, -0.1) is 0 Å². The molecule has 0 spiro atoms. The molecule has 5 nitrogen and oxygen atoms in total. The summed E-state index contributed by atoms with van der Waals surface area (Å²) < 4.78 is 0. The average molecular weight is 282 g/mol. The molecule has 1 fully saturated rings. The number of thiophene rings is 1. The minimum Gasteiger partial charge on any atom is -0.396 e. The van der Waals surface area contributed by atoms with E-state index in [2.05, 4.69) is 5.32 Å². The Kier molecular flexibility index (Phi) is 4.93. The van der Waals surface area contributed by atoms with E-state index in [9.17, 15) is 9.59 Å². The highest BCUT2D eigenvalue weighted by atomic mass is 32.1. The number of amides is 2. The molecule has 2 amide bonds. The zero-order valence-electron chi connectivity index (χ0n) is 10.7. The van der Waals surface area contributed by atoms with E-state index < -0.39 is 0 Å². The number of carbonyl (C=O) groups is 2. The number of nitrogens with one attached hydrogen (secondary N) is 1. The van der Waals surface area contributed by atoms with E-state index in [1.807, 2.05) is 5.38 Å². The number of aliphatic hydroxyl groups excluding tert-OH is 1. The molecule has 1 saturated heterocycles. The largest absolute Gasteiger partial charge is 0.396 e. The predicted octanol–water partition coefficient (Wildman–Crippen LogP) is 0.709. The molecular weight excluding hydrogens is 264 g/mol. The van der Waals surface area contributed by atoms with Gasteiger partial charge in [-0.3, -0.25) is 9.59 Å². The second kappa shape index (κ2) is 6.68. The molecule has 1 aromatic rings. The van der Waals surface area contributed by atoms with Crippen molar-refractivity contribution in [2.24, 2.45) is 5.92 Å². The number of nitrogens with zero attached hydrogens (tertiary/aromatic N) is 1. The molecule has 0 saturated carbocycles. The van der Waals surface area contributed by atoms with Crippen LogP contribution in [0, 0.1) is 5.92 Å². The molecule has 1 aliphatic rings. The first-order valence-electron chi connectivity index (χ1n) is 6.39. The van der Waals surface area contributed by atoms with E-state index in [1.165, 1.54) is 11.3 Å². The monoisotopic (exact) mass is 282 g/mol. The molecule has 0 aliphatic carbocycles. The van der Waals surface area contributed by atoms with Gasteiger partial charge in [-0.05, 0) is 30.2 Å². The molecule has 0 bridgehead atoms. The number of hydrogen-bond acceptors (Lipinski definition) is 4. The number of carbonyl (C=O) groups excluding carboxylic acids is 2. The number of likely N-dealkylation sites (tertiary alicyclic amines) is 1. The summed E-state index contributed by atoms with van der Waals surface area (Å²) in [5.74, 6) is -0.127. The van der Waals surface area contributed by atoms with Crippen LogP contribution in [0.5, 0.6) is 0 Å². The summed E-state index contributed by atoms with van der Waals surface area (Å²) in [5, 5.41) is 15.3. The molecule has 2 heterocycles. The molecule has 104 valence electrons. The van der Waals surface area contributed by atoms with E-state index >= 15 is 0 Å². The Hall–Kier alpha value is -1.40. The van der Waals surface area contributed by atoms with Crippen LogP contribution >= 0.6 is 11.3 Å². The molecular formula is C13H18N2O3S. The van der Waals surface area contributed by atoms with E-state index in [0.29, 0.717) is 18.7 Å². The molecule has 6 heteroatoms. The summed E-state index contributed by atoms with van der Waals surface area (Å²) in [5.41, 5.74) is 0.588. The highest BCUT2D eigenvalue weighted by Gasteiger charge is 2.23. The molecule has 2 rings (SSSR count). The number of hydrogen-bond donors (Lipinski definition) is 2. The van der Waals surface area contributed by atoms with Crippen molar-refractivity contribution in [2.45, 2.75) is 12.8 Å². The second-order valence-electron chi connectivity index (χ2n) is 4.73. The lowest BCUT2D eigenvalue weighted by atomic mass is 9.99. The Morgan fingerprint density at radius 2 is 2.37 bits per heavy atom. The van der Waals surface area contributed by atoms with Crippen molar-refractivity contribution in [1.29, 1.82) is 0 Å². The van der Waals surface area contributed by atoms with Crippen molar-refractivity contribution in [3.63, 3.8) is 0 Å². The molecule has 19 heavy (non-hydrogen) atoms.